The summed E-state index contributed by atoms with van der Waals surface area (Å²) >= 11 is 3.23. The van der Waals surface area contributed by atoms with Crippen LogP contribution in [0.1, 0.15) is 50.4 Å². The predicted octanol–water partition coefficient (Wildman–Crippen LogP) is 3.47. The number of H-pyrrole nitrogens is 1. The number of likely N-dealkylation sites (tertiary alicyclic amines) is 1. The first-order valence-corrected chi connectivity index (χ1v) is 12.1. The average Bonchev–Trinajstić information content (AvgIpc) is 3.48. The molecule has 0 radical (unpaired) electrons. The van der Waals surface area contributed by atoms with Gasteiger partial charge in [0.2, 0.25) is 0 Å². The van der Waals surface area contributed by atoms with Crippen LogP contribution in [0, 0.1) is 0 Å². The van der Waals surface area contributed by atoms with Gasteiger partial charge < -0.3 is 9.88 Å². The van der Waals surface area contributed by atoms with Gasteiger partial charge in [0.05, 0.1) is 22.7 Å². The zero-order valence-electron chi connectivity index (χ0n) is 16.7. The summed E-state index contributed by atoms with van der Waals surface area (Å²) < 4.78 is 0. The van der Waals surface area contributed by atoms with Gasteiger partial charge in [0.1, 0.15) is 5.82 Å². The number of hydrogen-bond donors (Lipinski definition) is 1. The molecule has 1 saturated heterocycles. The van der Waals surface area contributed by atoms with Gasteiger partial charge in [-0.15, -0.1) is 22.7 Å². The third-order valence-corrected chi connectivity index (χ3v) is 7.68. The van der Waals surface area contributed by atoms with E-state index < -0.39 is 0 Å². The highest BCUT2D eigenvalue weighted by Crippen LogP contribution is 2.27. The van der Waals surface area contributed by atoms with E-state index in [0.717, 1.165) is 44.0 Å². The monoisotopic (exact) mass is 440 g/mol. The Balaban J connectivity index is 1.32. The topological polar surface area (TPSA) is 69.3 Å². The van der Waals surface area contributed by atoms with Crippen LogP contribution in [0.2, 0.25) is 0 Å². The zero-order chi connectivity index (χ0) is 20.5. The van der Waals surface area contributed by atoms with Crippen molar-refractivity contribution < 1.29 is 4.79 Å². The standard InChI is InChI=1S/C22H24N4O2S2/c27-21-17-14-26(22(28)19-6-3-11-30-19)9-7-18(17)23-20(24-21)15-4-1-8-25(12-15)13-16-5-2-10-29-16/h2-3,5-6,10-11,15H,1,4,7-9,12-14H2,(H,23,24,27). The van der Waals surface area contributed by atoms with Crippen LogP contribution < -0.4 is 5.56 Å². The maximum Gasteiger partial charge on any atom is 0.264 e. The number of carbonyl (C=O) groups excluding carboxylic acids is 1. The van der Waals surface area contributed by atoms with E-state index in [0.29, 0.717) is 30.0 Å². The van der Waals surface area contributed by atoms with Crippen LogP contribution in [-0.4, -0.2) is 45.3 Å². The molecule has 0 bridgehead atoms. The summed E-state index contributed by atoms with van der Waals surface area (Å²) in [7, 11) is 0. The molecule has 6 nitrogen and oxygen atoms in total. The molecule has 0 aromatic carbocycles. The fourth-order valence-corrected chi connectivity index (χ4v) is 5.85. The van der Waals surface area contributed by atoms with Crippen molar-refractivity contribution in [2.24, 2.45) is 0 Å². The molecule has 0 spiro atoms. The minimum atomic E-state index is -0.0888. The van der Waals surface area contributed by atoms with Gasteiger partial charge in [-0.3, -0.25) is 14.5 Å². The van der Waals surface area contributed by atoms with Gasteiger partial charge in [-0.25, -0.2) is 4.98 Å². The quantitative estimate of drug-likeness (QED) is 0.675. The minimum Gasteiger partial charge on any atom is -0.333 e. The lowest BCUT2D eigenvalue weighted by Crippen LogP contribution is -2.40. The summed E-state index contributed by atoms with van der Waals surface area (Å²) in [4.78, 5) is 39.8. The normalized spacial score (nSPS) is 19.6. The number of carbonyl (C=O) groups is 1. The summed E-state index contributed by atoms with van der Waals surface area (Å²) in [5.41, 5.74) is 1.41. The number of nitrogens with zero attached hydrogens (tertiary/aromatic N) is 3. The summed E-state index contributed by atoms with van der Waals surface area (Å²) in [6.07, 6.45) is 2.79. The molecule has 2 aliphatic rings. The van der Waals surface area contributed by atoms with E-state index in [9.17, 15) is 9.59 Å². The molecular weight excluding hydrogens is 416 g/mol. The molecule has 3 aromatic rings. The number of fused-ring (bicyclic) bond motifs is 1. The van der Waals surface area contributed by atoms with Crippen LogP contribution >= 0.6 is 22.7 Å². The Labute approximate surface area is 183 Å². The average molecular weight is 441 g/mol. The third-order valence-electron chi connectivity index (χ3n) is 5.96. The van der Waals surface area contributed by atoms with Gasteiger partial charge >= 0.3 is 0 Å². The SMILES string of the molecule is O=C(c1cccs1)N1CCc2nc(C3CCCN(Cc4cccs4)C3)[nH]c(=O)c2C1. The minimum absolute atomic E-state index is 0.00405. The highest BCUT2D eigenvalue weighted by molar-refractivity contribution is 7.12. The van der Waals surface area contributed by atoms with Gasteiger partial charge in [0.25, 0.3) is 11.5 Å². The summed E-state index contributed by atoms with van der Waals surface area (Å²) in [6, 6.07) is 7.98. The van der Waals surface area contributed by atoms with E-state index in [1.54, 1.807) is 16.2 Å². The molecule has 0 saturated carbocycles. The molecule has 1 amide bonds. The number of nitrogens with one attached hydrogen (secondary N) is 1. The molecule has 5 heterocycles. The van der Waals surface area contributed by atoms with Crippen molar-refractivity contribution in [1.82, 2.24) is 19.8 Å². The van der Waals surface area contributed by atoms with Crippen molar-refractivity contribution in [3.63, 3.8) is 0 Å². The first-order chi connectivity index (χ1) is 14.7. The van der Waals surface area contributed by atoms with E-state index in [1.807, 2.05) is 17.5 Å². The lowest BCUT2D eigenvalue weighted by molar-refractivity contribution is 0.0737. The van der Waals surface area contributed by atoms with Crippen LogP contribution in [0.5, 0.6) is 0 Å². The molecule has 8 heteroatoms. The predicted molar refractivity (Wildman–Crippen MR) is 119 cm³/mol. The highest BCUT2D eigenvalue weighted by atomic mass is 32.1. The zero-order valence-corrected chi connectivity index (χ0v) is 18.3. The van der Waals surface area contributed by atoms with E-state index in [4.69, 9.17) is 4.98 Å². The lowest BCUT2D eigenvalue weighted by Gasteiger charge is -2.33. The number of rotatable bonds is 4. The molecule has 5 rings (SSSR count). The fourth-order valence-electron chi connectivity index (χ4n) is 4.41. The summed E-state index contributed by atoms with van der Waals surface area (Å²) in [6.45, 7) is 3.91. The van der Waals surface area contributed by atoms with Crippen LogP contribution in [-0.2, 0) is 19.5 Å². The molecule has 1 N–H and O–H groups in total. The molecule has 156 valence electrons. The Kier molecular flexibility index (Phi) is 5.54. The van der Waals surface area contributed by atoms with Gasteiger partial charge in [0, 0.05) is 36.9 Å². The van der Waals surface area contributed by atoms with E-state index >= 15 is 0 Å². The summed E-state index contributed by atoms with van der Waals surface area (Å²) in [5.74, 6) is 1.06. The van der Waals surface area contributed by atoms with Crippen LogP contribution in [0.15, 0.2) is 39.8 Å². The molecule has 2 aliphatic heterocycles. The van der Waals surface area contributed by atoms with Gasteiger partial charge in [-0.05, 0) is 42.3 Å². The second-order valence-electron chi connectivity index (χ2n) is 7.98. The molecule has 1 unspecified atom stereocenters. The number of aromatic nitrogens is 2. The Hall–Kier alpha value is -2.29. The first kappa shape index (κ1) is 19.7. The van der Waals surface area contributed by atoms with Gasteiger partial charge in [0.15, 0.2) is 0 Å². The lowest BCUT2D eigenvalue weighted by atomic mass is 9.96. The molecule has 1 fully saturated rings. The number of amides is 1. The number of hydrogen-bond acceptors (Lipinski definition) is 6. The molecular formula is C22H24N4O2S2. The van der Waals surface area contributed by atoms with Gasteiger partial charge in [-0.1, -0.05) is 12.1 Å². The Bertz CT molecular complexity index is 1080. The second-order valence-corrected chi connectivity index (χ2v) is 9.96. The number of aromatic amines is 1. The fraction of sp³-hybridized carbons (Fsp3) is 0.409. The van der Waals surface area contributed by atoms with Crippen molar-refractivity contribution in [2.75, 3.05) is 19.6 Å². The molecule has 30 heavy (non-hydrogen) atoms. The van der Waals surface area contributed by atoms with Crippen molar-refractivity contribution in [1.29, 1.82) is 0 Å². The largest absolute Gasteiger partial charge is 0.333 e. The third kappa shape index (κ3) is 3.99. The van der Waals surface area contributed by atoms with E-state index in [2.05, 4.69) is 27.4 Å². The second kappa shape index (κ2) is 8.45. The first-order valence-electron chi connectivity index (χ1n) is 10.4. The molecule has 1 atom stereocenters. The Morgan fingerprint density at radius 2 is 2.07 bits per heavy atom. The van der Waals surface area contributed by atoms with E-state index in [-0.39, 0.29) is 17.4 Å². The van der Waals surface area contributed by atoms with Gasteiger partial charge in [-0.2, -0.15) is 0 Å². The maximum atomic E-state index is 12.9. The smallest absolute Gasteiger partial charge is 0.264 e. The number of piperidine rings is 1. The van der Waals surface area contributed by atoms with Crippen LogP contribution in [0.25, 0.3) is 0 Å². The van der Waals surface area contributed by atoms with Crippen molar-refractivity contribution in [3.05, 3.63) is 72.2 Å². The van der Waals surface area contributed by atoms with Crippen molar-refractivity contribution in [3.8, 4) is 0 Å². The Morgan fingerprint density at radius 1 is 1.20 bits per heavy atom. The molecule has 0 aliphatic carbocycles. The van der Waals surface area contributed by atoms with Crippen molar-refractivity contribution >= 4 is 28.6 Å². The Morgan fingerprint density at radius 3 is 2.87 bits per heavy atom. The number of thiophene rings is 2. The van der Waals surface area contributed by atoms with E-state index in [1.165, 1.54) is 16.2 Å². The van der Waals surface area contributed by atoms with Crippen LogP contribution in [0.4, 0.5) is 0 Å². The maximum absolute atomic E-state index is 12.9. The van der Waals surface area contributed by atoms with Crippen LogP contribution in [0.3, 0.4) is 0 Å². The highest BCUT2D eigenvalue weighted by Gasteiger charge is 2.28. The van der Waals surface area contributed by atoms with Crippen molar-refractivity contribution in [2.45, 2.75) is 38.3 Å². The summed E-state index contributed by atoms with van der Waals surface area (Å²) in [5, 5.41) is 4.02. The molecule has 3 aromatic heterocycles.